The molecule has 34 heavy (non-hydrogen) atoms. The van der Waals surface area contributed by atoms with Gasteiger partial charge in [0.25, 0.3) is 11.8 Å². The van der Waals surface area contributed by atoms with E-state index < -0.39 is 17.8 Å². The van der Waals surface area contributed by atoms with Gasteiger partial charge in [0.05, 0.1) is 24.3 Å². The van der Waals surface area contributed by atoms with Crippen LogP contribution < -0.4 is 20.3 Å². The fraction of sp³-hybridized carbons (Fsp3) is 0.400. The normalized spacial score (nSPS) is 10.3. The number of carbonyl (C=O) groups excluding carboxylic acids is 3. The first kappa shape index (κ1) is 27.2. The van der Waals surface area contributed by atoms with Crippen LogP contribution in [0.3, 0.4) is 0 Å². The maximum Gasteiger partial charge on any atom is 0.338 e. The molecule has 0 heterocycles. The van der Waals surface area contributed by atoms with Crippen LogP contribution in [0.4, 0.5) is 0 Å². The van der Waals surface area contributed by atoms with E-state index in [-0.39, 0.29) is 6.61 Å². The quantitative estimate of drug-likeness (QED) is 0.217. The molecule has 0 aliphatic rings. The first-order valence-corrected chi connectivity index (χ1v) is 12.1. The van der Waals surface area contributed by atoms with Gasteiger partial charge in [0.1, 0.15) is 11.5 Å². The van der Waals surface area contributed by atoms with Crippen molar-refractivity contribution in [2.45, 2.75) is 46.0 Å². The number of halogens is 1. The zero-order valence-electron chi connectivity index (χ0n) is 19.5. The zero-order valence-corrected chi connectivity index (χ0v) is 21.1. The third-order valence-electron chi connectivity index (χ3n) is 4.65. The number of amides is 2. The third-order valence-corrected chi connectivity index (χ3v) is 5.15. The molecule has 0 bridgehead atoms. The van der Waals surface area contributed by atoms with Gasteiger partial charge in [-0.05, 0) is 55.3 Å². The smallest absolute Gasteiger partial charge is 0.338 e. The Labute approximate surface area is 208 Å². The average Bonchev–Trinajstić information content (AvgIpc) is 2.85. The Balaban J connectivity index is 1.82. The van der Waals surface area contributed by atoms with Crippen LogP contribution in [0.5, 0.6) is 11.5 Å². The van der Waals surface area contributed by atoms with Crippen LogP contribution in [0, 0.1) is 0 Å². The fourth-order valence-corrected chi connectivity index (χ4v) is 3.22. The van der Waals surface area contributed by atoms with E-state index in [0.717, 1.165) is 32.1 Å². The van der Waals surface area contributed by atoms with Gasteiger partial charge >= 0.3 is 5.97 Å². The molecule has 0 fully saturated rings. The molecule has 2 aromatic carbocycles. The second-order valence-electron chi connectivity index (χ2n) is 7.50. The Morgan fingerprint density at radius 3 is 2.32 bits per heavy atom. The van der Waals surface area contributed by atoms with Gasteiger partial charge in [0.15, 0.2) is 6.61 Å². The molecule has 2 aromatic rings. The fourth-order valence-electron chi connectivity index (χ4n) is 2.86. The SMILES string of the molecule is CCCCCCOc1ccc(Br)cc1C(=O)NNC(=O)COc1ccc(C(=O)OCCC)cc1. The van der Waals surface area contributed by atoms with Crippen molar-refractivity contribution in [1.29, 1.82) is 0 Å². The van der Waals surface area contributed by atoms with E-state index in [9.17, 15) is 14.4 Å². The minimum Gasteiger partial charge on any atom is -0.493 e. The summed E-state index contributed by atoms with van der Waals surface area (Å²) in [6.07, 6.45) is 4.98. The molecule has 0 spiro atoms. The lowest BCUT2D eigenvalue weighted by molar-refractivity contribution is -0.123. The molecular weight excluding hydrogens is 504 g/mol. The highest BCUT2D eigenvalue weighted by molar-refractivity contribution is 9.10. The number of unbranched alkanes of at least 4 members (excludes halogenated alkanes) is 3. The van der Waals surface area contributed by atoms with Crippen molar-refractivity contribution in [3.8, 4) is 11.5 Å². The summed E-state index contributed by atoms with van der Waals surface area (Å²) in [5.74, 6) is -0.616. The third kappa shape index (κ3) is 9.43. The Morgan fingerprint density at radius 2 is 1.62 bits per heavy atom. The number of hydrazine groups is 1. The van der Waals surface area contributed by atoms with E-state index in [2.05, 4.69) is 33.7 Å². The summed E-state index contributed by atoms with van der Waals surface area (Å²) < 4.78 is 16.9. The number of esters is 1. The minimum atomic E-state index is -0.545. The number of rotatable bonds is 13. The van der Waals surface area contributed by atoms with Crippen LogP contribution in [0.2, 0.25) is 0 Å². The molecule has 0 aliphatic heterocycles. The lowest BCUT2D eigenvalue weighted by Gasteiger charge is -2.13. The predicted octanol–water partition coefficient (Wildman–Crippen LogP) is 4.82. The molecule has 0 saturated heterocycles. The van der Waals surface area contributed by atoms with Crippen LogP contribution in [-0.4, -0.2) is 37.6 Å². The average molecular weight is 535 g/mol. The van der Waals surface area contributed by atoms with Crippen LogP contribution >= 0.6 is 15.9 Å². The second kappa shape index (κ2) is 15.0. The summed E-state index contributed by atoms with van der Waals surface area (Å²) in [5.41, 5.74) is 5.40. The summed E-state index contributed by atoms with van der Waals surface area (Å²) >= 11 is 3.35. The van der Waals surface area contributed by atoms with Gasteiger partial charge in [-0.1, -0.05) is 49.0 Å². The van der Waals surface area contributed by atoms with Gasteiger partial charge in [0, 0.05) is 4.47 Å². The number of benzene rings is 2. The molecule has 184 valence electrons. The van der Waals surface area contributed by atoms with E-state index in [1.54, 1.807) is 42.5 Å². The van der Waals surface area contributed by atoms with E-state index in [1.165, 1.54) is 0 Å². The van der Waals surface area contributed by atoms with Crippen molar-refractivity contribution in [2.24, 2.45) is 0 Å². The van der Waals surface area contributed by atoms with Crippen molar-refractivity contribution in [3.63, 3.8) is 0 Å². The summed E-state index contributed by atoms with van der Waals surface area (Å²) in [4.78, 5) is 36.5. The van der Waals surface area contributed by atoms with Gasteiger partial charge in [-0.25, -0.2) is 4.79 Å². The van der Waals surface area contributed by atoms with Gasteiger partial charge < -0.3 is 14.2 Å². The number of hydrogen-bond acceptors (Lipinski definition) is 6. The molecule has 0 aliphatic carbocycles. The number of nitrogens with one attached hydrogen (secondary N) is 2. The summed E-state index contributed by atoms with van der Waals surface area (Å²) in [7, 11) is 0. The highest BCUT2D eigenvalue weighted by Gasteiger charge is 2.15. The van der Waals surface area contributed by atoms with Gasteiger partial charge in [-0.3, -0.25) is 20.4 Å². The lowest BCUT2D eigenvalue weighted by Crippen LogP contribution is -2.44. The molecule has 2 N–H and O–H groups in total. The molecule has 8 nitrogen and oxygen atoms in total. The summed E-state index contributed by atoms with van der Waals surface area (Å²) in [6.45, 7) is 4.60. The largest absolute Gasteiger partial charge is 0.493 e. The van der Waals surface area contributed by atoms with Crippen molar-refractivity contribution >= 4 is 33.7 Å². The molecule has 0 saturated carbocycles. The van der Waals surface area contributed by atoms with Crippen LogP contribution in [0.25, 0.3) is 0 Å². The van der Waals surface area contributed by atoms with Gasteiger partial charge in [0.2, 0.25) is 0 Å². The van der Waals surface area contributed by atoms with Gasteiger partial charge in [-0.15, -0.1) is 0 Å². The summed E-state index contributed by atoms with van der Waals surface area (Å²) in [5, 5.41) is 0. The zero-order chi connectivity index (χ0) is 24.8. The first-order valence-electron chi connectivity index (χ1n) is 11.4. The topological polar surface area (TPSA) is 103 Å². The van der Waals surface area contributed by atoms with Crippen LogP contribution in [-0.2, 0) is 9.53 Å². The van der Waals surface area contributed by atoms with Crippen molar-refractivity contribution in [1.82, 2.24) is 10.9 Å². The van der Waals surface area contributed by atoms with Crippen molar-refractivity contribution < 1.29 is 28.6 Å². The highest BCUT2D eigenvalue weighted by Crippen LogP contribution is 2.23. The standard InChI is InChI=1S/C25H31BrN2O6/c1-3-5-6-7-15-32-22-13-10-19(26)16-21(22)24(30)28-27-23(29)17-34-20-11-8-18(9-12-20)25(31)33-14-4-2/h8-13,16H,3-7,14-15,17H2,1-2H3,(H,27,29)(H,28,30). The number of hydrogen-bond donors (Lipinski definition) is 2. The first-order chi connectivity index (χ1) is 16.4. The molecule has 0 unspecified atom stereocenters. The van der Waals surface area contributed by atoms with Crippen molar-refractivity contribution in [3.05, 3.63) is 58.1 Å². The molecule has 9 heteroatoms. The molecular formula is C25H31BrN2O6. The maximum absolute atomic E-state index is 12.6. The van der Waals surface area contributed by atoms with Crippen LogP contribution in [0.15, 0.2) is 46.9 Å². The Kier molecular flexibility index (Phi) is 12.0. The lowest BCUT2D eigenvalue weighted by atomic mass is 10.2. The van der Waals surface area contributed by atoms with Crippen LogP contribution in [0.1, 0.15) is 66.7 Å². The Morgan fingerprint density at radius 1 is 0.853 bits per heavy atom. The number of carbonyl (C=O) groups is 3. The van der Waals surface area contributed by atoms with Crippen molar-refractivity contribution in [2.75, 3.05) is 19.8 Å². The minimum absolute atomic E-state index is 0.302. The molecule has 0 aromatic heterocycles. The van der Waals surface area contributed by atoms with E-state index in [1.807, 2.05) is 6.92 Å². The van der Waals surface area contributed by atoms with E-state index >= 15 is 0 Å². The van der Waals surface area contributed by atoms with Gasteiger partial charge in [-0.2, -0.15) is 0 Å². The Bertz CT molecular complexity index is 949. The highest BCUT2D eigenvalue weighted by atomic mass is 79.9. The Hall–Kier alpha value is -3.07. The van der Waals surface area contributed by atoms with E-state index in [0.29, 0.717) is 40.3 Å². The maximum atomic E-state index is 12.6. The monoisotopic (exact) mass is 534 g/mol. The molecule has 0 radical (unpaired) electrons. The number of ether oxygens (including phenoxy) is 3. The van der Waals surface area contributed by atoms with E-state index in [4.69, 9.17) is 14.2 Å². The molecule has 0 atom stereocenters. The predicted molar refractivity (Wildman–Crippen MR) is 132 cm³/mol. The molecule has 2 rings (SSSR count). The summed E-state index contributed by atoms with van der Waals surface area (Å²) in [6, 6.07) is 11.4. The molecule has 2 amide bonds. The second-order valence-corrected chi connectivity index (χ2v) is 8.42.